The first-order chi connectivity index (χ1) is 13.3. The van der Waals surface area contributed by atoms with E-state index in [-0.39, 0.29) is 16.8 Å². The molecule has 152 valence electrons. The van der Waals surface area contributed by atoms with Gasteiger partial charge in [0.15, 0.2) is 11.0 Å². The number of unbranched alkanes of at least 4 members (excludes halogenated alkanes) is 2. The molecule has 2 aromatic rings. The molecule has 0 radical (unpaired) electrons. The number of hydrogen-bond acceptors (Lipinski definition) is 6. The van der Waals surface area contributed by atoms with Crippen molar-refractivity contribution < 1.29 is 4.79 Å². The Morgan fingerprint density at radius 1 is 1.39 bits per heavy atom. The smallest absolute Gasteiger partial charge is 0.299 e. The molecule has 8 nitrogen and oxygen atoms in total. The van der Waals surface area contributed by atoms with Crippen molar-refractivity contribution in [1.82, 2.24) is 19.9 Å². The van der Waals surface area contributed by atoms with Gasteiger partial charge in [-0.15, -0.1) is 0 Å². The Morgan fingerprint density at radius 2 is 2.11 bits per heavy atom. The van der Waals surface area contributed by atoms with Crippen LogP contribution in [0.25, 0.3) is 5.82 Å². The average Bonchev–Trinajstić information content (AvgIpc) is 2.68. The predicted molar refractivity (Wildman–Crippen MR) is 111 cm³/mol. The second-order valence-corrected chi connectivity index (χ2v) is 7.13. The fraction of sp³-hybridized carbons (Fsp3) is 0.474. The second-order valence-electron chi connectivity index (χ2n) is 6.77. The van der Waals surface area contributed by atoms with Gasteiger partial charge >= 0.3 is 0 Å². The number of amides is 1. The summed E-state index contributed by atoms with van der Waals surface area (Å²) in [6.45, 7) is 5.95. The molecule has 0 aliphatic rings. The fourth-order valence-corrected chi connectivity index (χ4v) is 3.06. The second kappa shape index (κ2) is 9.16. The van der Waals surface area contributed by atoms with Gasteiger partial charge < -0.3 is 16.4 Å². The van der Waals surface area contributed by atoms with Gasteiger partial charge in [0.2, 0.25) is 5.91 Å². The Bertz CT molecular complexity index is 910. The van der Waals surface area contributed by atoms with Gasteiger partial charge in [0, 0.05) is 25.4 Å². The van der Waals surface area contributed by atoms with Gasteiger partial charge in [0.05, 0.1) is 5.69 Å². The average molecular weight is 407 g/mol. The maximum atomic E-state index is 13.1. The topological polar surface area (TPSA) is 115 Å². The van der Waals surface area contributed by atoms with Crippen LogP contribution in [0.4, 0.5) is 5.82 Å². The largest absolute Gasteiger partial charge is 0.365 e. The molecule has 0 aliphatic heterocycles. The molecular formula is C19H27ClN6O2. The lowest BCUT2D eigenvalue weighted by Crippen LogP contribution is -2.49. The van der Waals surface area contributed by atoms with Crippen molar-refractivity contribution in [2.45, 2.75) is 45.6 Å². The van der Waals surface area contributed by atoms with Crippen LogP contribution in [-0.4, -0.2) is 34.0 Å². The van der Waals surface area contributed by atoms with Crippen LogP contribution >= 0.6 is 11.6 Å². The number of aromatic nitrogens is 3. The highest BCUT2D eigenvalue weighted by Gasteiger charge is 2.34. The van der Waals surface area contributed by atoms with Gasteiger partial charge in [-0.1, -0.05) is 37.4 Å². The minimum atomic E-state index is -1.39. The minimum Gasteiger partial charge on any atom is -0.365 e. The third kappa shape index (κ3) is 4.34. The molecule has 28 heavy (non-hydrogen) atoms. The van der Waals surface area contributed by atoms with Crippen LogP contribution in [0.2, 0.25) is 5.15 Å². The number of anilines is 1. The molecule has 0 fully saturated rings. The van der Waals surface area contributed by atoms with E-state index >= 15 is 0 Å². The SMILES string of the molecule is CCCCCNc1nc(Cl)c(C)n(-c2ncccc2C(C)(N)C(=O)NC)c1=O. The van der Waals surface area contributed by atoms with E-state index in [1.165, 1.54) is 17.8 Å². The van der Waals surface area contributed by atoms with E-state index in [0.717, 1.165) is 19.3 Å². The van der Waals surface area contributed by atoms with Gasteiger partial charge in [0.25, 0.3) is 5.56 Å². The molecule has 4 N–H and O–H groups in total. The van der Waals surface area contributed by atoms with E-state index < -0.39 is 17.0 Å². The number of carbonyl (C=O) groups excluding carboxylic acids is 1. The molecule has 0 aromatic carbocycles. The number of carbonyl (C=O) groups is 1. The molecule has 0 saturated heterocycles. The summed E-state index contributed by atoms with van der Waals surface area (Å²) >= 11 is 6.29. The Hall–Kier alpha value is -2.45. The lowest BCUT2D eigenvalue weighted by atomic mass is 9.92. The monoisotopic (exact) mass is 406 g/mol. The van der Waals surface area contributed by atoms with Gasteiger partial charge in [0.1, 0.15) is 11.4 Å². The van der Waals surface area contributed by atoms with E-state index in [9.17, 15) is 9.59 Å². The summed E-state index contributed by atoms with van der Waals surface area (Å²) in [6.07, 6.45) is 4.56. The molecule has 1 atom stereocenters. The zero-order valence-electron chi connectivity index (χ0n) is 16.7. The number of nitrogens with one attached hydrogen (secondary N) is 2. The zero-order valence-corrected chi connectivity index (χ0v) is 17.4. The molecule has 0 bridgehead atoms. The normalized spacial score (nSPS) is 13.1. The Labute approximate surface area is 169 Å². The maximum Gasteiger partial charge on any atom is 0.299 e. The summed E-state index contributed by atoms with van der Waals surface area (Å²) < 4.78 is 1.35. The zero-order chi connectivity index (χ0) is 20.9. The number of pyridine rings is 1. The van der Waals surface area contributed by atoms with E-state index in [1.54, 1.807) is 26.0 Å². The molecular weight excluding hydrogens is 380 g/mol. The molecule has 0 spiro atoms. The first-order valence-corrected chi connectivity index (χ1v) is 9.63. The third-order valence-electron chi connectivity index (χ3n) is 4.58. The highest BCUT2D eigenvalue weighted by Crippen LogP contribution is 2.25. The van der Waals surface area contributed by atoms with Crippen molar-refractivity contribution in [3.05, 3.63) is 45.1 Å². The van der Waals surface area contributed by atoms with Crippen LogP contribution in [0.5, 0.6) is 0 Å². The Morgan fingerprint density at radius 3 is 2.75 bits per heavy atom. The fourth-order valence-electron chi connectivity index (χ4n) is 2.89. The van der Waals surface area contributed by atoms with Gasteiger partial charge in [-0.3, -0.25) is 14.2 Å². The summed E-state index contributed by atoms with van der Waals surface area (Å²) in [7, 11) is 1.50. The van der Waals surface area contributed by atoms with Crippen molar-refractivity contribution >= 4 is 23.3 Å². The van der Waals surface area contributed by atoms with Crippen molar-refractivity contribution in [1.29, 1.82) is 0 Å². The summed E-state index contributed by atoms with van der Waals surface area (Å²) in [6, 6.07) is 3.34. The van der Waals surface area contributed by atoms with Crippen LogP contribution in [0.3, 0.4) is 0 Å². The van der Waals surface area contributed by atoms with E-state index in [2.05, 4.69) is 27.5 Å². The predicted octanol–water partition coefficient (Wildman–Crippen LogP) is 2.11. The van der Waals surface area contributed by atoms with E-state index in [4.69, 9.17) is 17.3 Å². The Balaban J connectivity index is 2.62. The van der Waals surface area contributed by atoms with Crippen molar-refractivity contribution in [2.24, 2.45) is 5.73 Å². The molecule has 2 heterocycles. The van der Waals surface area contributed by atoms with Crippen LogP contribution < -0.4 is 21.9 Å². The number of likely N-dealkylation sites (N-methyl/N-ethyl adjacent to an activating group) is 1. The van der Waals surface area contributed by atoms with E-state index in [0.29, 0.717) is 17.8 Å². The van der Waals surface area contributed by atoms with Crippen molar-refractivity contribution in [3.8, 4) is 5.82 Å². The minimum absolute atomic E-state index is 0.141. The van der Waals surface area contributed by atoms with Gasteiger partial charge in [-0.2, -0.15) is 0 Å². The summed E-state index contributed by atoms with van der Waals surface area (Å²) in [5, 5.41) is 5.77. The van der Waals surface area contributed by atoms with E-state index in [1.807, 2.05) is 0 Å². The molecule has 2 rings (SSSR count). The molecule has 0 saturated carbocycles. The lowest BCUT2D eigenvalue weighted by molar-refractivity contribution is -0.125. The Kier molecular flexibility index (Phi) is 7.15. The number of nitrogens with zero attached hydrogens (tertiary/aromatic N) is 3. The van der Waals surface area contributed by atoms with Crippen LogP contribution in [0.15, 0.2) is 23.1 Å². The number of halogens is 1. The number of rotatable bonds is 8. The standard InChI is InChI=1S/C19H27ClN6O2/c1-5-6-7-10-23-15-17(27)26(12(2)14(20)25-15)16-13(9-8-11-24-16)19(3,21)18(28)22-4/h8-9,11H,5-7,10,21H2,1-4H3,(H,22,28)(H,23,25). The number of nitrogens with two attached hydrogens (primary N) is 1. The maximum absolute atomic E-state index is 13.1. The highest BCUT2D eigenvalue weighted by atomic mass is 35.5. The first kappa shape index (κ1) is 21.8. The van der Waals surface area contributed by atoms with Crippen LogP contribution in [0, 0.1) is 6.92 Å². The van der Waals surface area contributed by atoms with Crippen molar-refractivity contribution in [3.63, 3.8) is 0 Å². The summed E-state index contributed by atoms with van der Waals surface area (Å²) in [5.41, 5.74) is 5.31. The first-order valence-electron chi connectivity index (χ1n) is 9.25. The quantitative estimate of drug-likeness (QED) is 0.578. The molecule has 9 heteroatoms. The third-order valence-corrected chi connectivity index (χ3v) is 4.94. The van der Waals surface area contributed by atoms with Crippen molar-refractivity contribution in [2.75, 3.05) is 18.9 Å². The van der Waals surface area contributed by atoms with Crippen LogP contribution in [-0.2, 0) is 10.3 Å². The molecule has 0 aliphatic carbocycles. The lowest BCUT2D eigenvalue weighted by Gasteiger charge is -2.26. The summed E-state index contributed by atoms with van der Waals surface area (Å²) in [5.74, 6) is -0.00741. The molecule has 1 unspecified atom stereocenters. The molecule has 2 aromatic heterocycles. The van der Waals surface area contributed by atoms with Crippen LogP contribution in [0.1, 0.15) is 44.4 Å². The van der Waals surface area contributed by atoms with Gasteiger partial charge in [-0.05, 0) is 26.3 Å². The highest BCUT2D eigenvalue weighted by molar-refractivity contribution is 6.30. The molecule has 1 amide bonds. The van der Waals surface area contributed by atoms with Gasteiger partial charge in [-0.25, -0.2) is 9.97 Å². The summed E-state index contributed by atoms with van der Waals surface area (Å²) in [4.78, 5) is 34.0. The number of hydrogen-bond donors (Lipinski definition) is 3.